The van der Waals surface area contributed by atoms with Gasteiger partial charge in [-0.15, -0.1) is 0 Å². The van der Waals surface area contributed by atoms with Crippen molar-refractivity contribution in [3.63, 3.8) is 0 Å². The molecule has 1 aromatic carbocycles. The molecule has 0 unspecified atom stereocenters. The van der Waals surface area contributed by atoms with Crippen LogP contribution >= 0.6 is 0 Å². The molecular weight excluding hydrogens is 323 g/mol. The summed E-state index contributed by atoms with van der Waals surface area (Å²) in [5.41, 5.74) is 0.917. The number of rotatable bonds is 7. The molecule has 0 atom stereocenters. The fourth-order valence-corrected chi connectivity index (χ4v) is 2.44. The Morgan fingerprint density at radius 1 is 1.36 bits per heavy atom. The number of aliphatic hydroxyl groups excluding tert-OH is 1. The van der Waals surface area contributed by atoms with Gasteiger partial charge in [-0.1, -0.05) is 19.9 Å². The number of nitrogens with zero attached hydrogens (tertiary/aromatic N) is 2. The summed E-state index contributed by atoms with van der Waals surface area (Å²) >= 11 is 0. The topological polar surface area (TPSA) is 79.2 Å². The molecule has 1 heterocycles. The molecule has 3 N–H and O–H groups in total. The number of hydrogen-bond acceptors (Lipinski definition) is 3. The fourth-order valence-electron chi connectivity index (χ4n) is 2.44. The van der Waals surface area contributed by atoms with Gasteiger partial charge in [-0.05, 0) is 36.5 Å². The quantitative estimate of drug-likeness (QED) is 0.719. The summed E-state index contributed by atoms with van der Waals surface area (Å²) in [6.45, 7) is 6.50. The second kappa shape index (κ2) is 8.11. The van der Waals surface area contributed by atoms with Crippen LogP contribution in [-0.4, -0.2) is 33.8 Å². The summed E-state index contributed by atoms with van der Waals surface area (Å²) in [7, 11) is 0. The molecule has 0 aliphatic heterocycles. The summed E-state index contributed by atoms with van der Waals surface area (Å²) in [6.07, 6.45) is 3.92. The lowest BCUT2D eigenvalue weighted by Gasteiger charge is -2.23. The van der Waals surface area contributed by atoms with Crippen molar-refractivity contribution in [1.82, 2.24) is 20.2 Å². The molecule has 0 radical (unpaired) electrons. The predicted octanol–water partition coefficient (Wildman–Crippen LogP) is 2.53. The summed E-state index contributed by atoms with van der Waals surface area (Å²) in [5.74, 6) is 0.333. The molecule has 2 aromatic rings. The van der Waals surface area contributed by atoms with E-state index in [9.17, 15) is 9.18 Å². The Morgan fingerprint density at radius 3 is 2.72 bits per heavy atom. The Kier molecular flexibility index (Phi) is 6.14. The van der Waals surface area contributed by atoms with Gasteiger partial charge in [-0.25, -0.2) is 14.2 Å². The molecule has 25 heavy (non-hydrogen) atoms. The van der Waals surface area contributed by atoms with Crippen molar-refractivity contribution in [2.75, 3.05) is 13.2 Å². The maximum Gasteiger partial charge on any atom is 0.315 e. The van der Waals surface area contributed by atoms with Crippen molar-refractivity contribution < 1.29 is 14.3 Å². The number of nitrogens with one attached hydrogen (secondary N) is 2. The first-order valence-electron chi connectivity index (χ1n) is 8.24. The Balaban J connectivity index is 1.90. The third kappa shape index (κ3) is 5.29. The van der Waals surface area contributed by atoms with E-state index in [-0.39, 0.29) is 30.4 Å². The minimum atomic E-state index is -0.370. The summed E-state index contributed by atoms with van der Waals surface area (Å²) < 4.78 is 16.0. The van der Waals surface area contributed by atoms with Crippen LogP contribution in [0.3, 0.4) is 0 Å². The maximum absolute atomic E-state index is 14.3. The number of imidazole rings is 1. The van der Waals surface area contributed by atoms with Crippen LogP contribution in [0.15, 0.2) is 30.6 Å². The third-order valence-electron chi connectivity index (χ3n) is 4.07. The number of aliphatic hydroxyl groups is 1. The standard InChI is InChI=1S/C18H25FN4O2/c1-13-20-7-8-23(13)16-5-4-14(10-15(16)19)11-21-17(25)22-12-18(2,3)6-9-24/h4-5,7-8,10,24H,6,9,11-12H2,1-3H3,(H2,21,22,25). The van der Waals surface area contributed by atoms with E-state index < -0.39 is 0 Å². The predicted molar refractivity (Wildman–Crippen MR) is 94.0 cm³/mol. The number of benzene rings is 1. The van der Waals surface area contributed by atoms with Gasteiger partial charge in [0.25, 0.3) is 0 Å². The molecule has 2 rings (SSSR count). The monoisotopic (exact) mass is 348 g/mol. The lowest BCUT2D eigenvalue weighted by atomic mass is 9.90. The number of hydrogen-bond donors (Lipinski definition) is 3. The Hall–Kier alpha value is -2.41. The molecule has 6 nitrogen and oxygen atoms in total. The van der Waals surface area contributed by atoms with E-state index in [0.29, 0.717) is 30.0 Å². The van der Waals surface area contributed by atoms with Gasteiger partial charge in [0.05, 0.1) is 5.69 Å². The molecule has 0 saturated carbocycles. The maximum atomic E-state index is 14.3. The Morgan fingerprint density at radius 2 is 2.12 bits per heavy atom. The SMILES string of the molecule is Cc1nccn1-c1ccc(CNC(=O)NCC(C)(C)CCO)cc1F. The molecule has 0 fully saturated rings. The molecule has 0 spiro atoms. The molecule has 0 aliphatic rings. The van der Waals surface area contributed by atoms with E-state index in [2.05, 4.69) is 15.6 Å². The highest BCUT2D eigenvalue weighted by molar-refractivity contribution is 5.73. The van der Waals surface area contributed by atoms with E-state index in [4.69, 9.17) is 5.11 Å². The average molecular weight is 348 g/mol. The molecule has 7 heteroatoms. The van der Waals surface area contributed by atoms with Gasteiger partial charge in [-0.2, -0.15) is 0 Å². The summed E-state index contributed by atoms with van der Waals surface area (Å²) in [5, 5.41) is 14.5. The number of urea groups is 1. The molecule has 1 aromatic heterocycles. The normalized spacial score (nSPS) is 11.4. The first kappa shape index (κ1) is 18.9. The number of carbonyl (C=O) groups excluding carboxylic acids is 1. The van der Waals surface area contributed by atoms with Crippen LogP contribution in [0.25, 0.3) is 5.69 Å². The number of carbonyl (C=O) groups is 1. The van der Waals surface area contributed by atoms with Crippen LogP contribution in [0.2, 0.25) is 0 Å². The second-order valence-corrected chi connectivity index (χ2v) is 6.80. The van der Waals surface area contributed by atoms with Gasteiger partial charge in [0.15, 0.2) is 0 Å². The van der Waals surface area contributed by atoms with E-state index >= 15 is 0 Å². The van der Waals surface area contributed by atoms with Gasteiger partial charge in [0, 0.05) is 32.1 Å². The van der Waals surface area contributed by atoms with Gasteiger partial charge in [-0.3, -0.25) is 0 Å². The van der Waals surface area contributed by atoms with Gasteiger partial charge in [0.1, 0.15) is 11.6 Å². The number of aromatic nitrogens is 2. The zero-order valence-corrected chi connectivity index (χ0v) is 14.8. The first-order chi connectivity index (χ1) is 11.8. The smallest absolute Gasteiger partial charge is 0.315 e. The minimum absolute atomic E-state index is 0.0817. The first-order valence-corrected chi connectivity index (χ1v) is 8.24. The Labute approximate surface area is 147 Å². The van der Waals surface area contributed by atoms with Crippen molar-refractivity contribution in [1.29, 1.82) is 0 Å². The van der Waals surface area contributed by atoms with Gasteiger partial charge >= 0.3 is 6.03 Å². The number of aryl methyl sites for hydroxylation is 1. The van der Waals surface area contributed by atoms with Gasteiger partial charge in [0.2, 0.25) is 0 Å². The van der Waals surface area contributed by atoms with Crippen molar-refractivity contribution in [3.05, 3.63) is 47.8 Å². The lowest BCUT2D eigenvalue weighted by molar-refractivity contribution is 0.201. The zero-order valence-electron chi connectivity index (χ0n) is 14.8. The molecule has 136 valence electrons. The van der Waals surface area contributed by atoms with Crippen LogP contribution in [0.5, 0.6) is 0 Å². The van der Waals surface area contributed by atoms with Crippen LogP contribution in [0.1, 0.15) is 31.7 Å². The average Bonchev–Trinajstić information content (AvgIpc) is 2.97. The number of amides is 2. The molecule has 0 aliphatic carbocycles. The van der Waals surface area contributed by atoms with Gasteiger partial charge < -0.3 is 20.3 Å². The Bertz CT molecular complexity index is 728. The molecule has 0 bridgehead atoms. The summed E-state index contributed by atoms with van der Waals surface area (Å²) in [6, 6.07) is 4.53. The van der Waals surface area contributed by atoms with E-state index in [0.717, 1.165) is 0 Å². The largest absolute Gasteiger partial charge is 0.396 e. The van der Waals surface area contributed by atoms with Crippen molar-refractivity contribution in [2.24, 2.45) is 5.41 Å². The second-order valence-electron chi connectivity index (χ2n) is 6.80. The highest BCUT2D eigenvalue weighted by Gasteiger charge is 2.18. The van der Waals surface area contributed by atoms with Crippen molar-refractivity contribution in [3.8, 4) is 5.69 Å². The molecular formula is C18H25FN4O2. The fraction of sp³-hybridized carbons (Fsp3) is 0.444. The van der Waals surface area contributed by atoms with Crippen molar-refractivity contribution in [2.45, 2.75) is 33.7 Å². The molecule has 2 amide bonds. The zero-order chi connectivity index (χ0) is 18.4. The van der Waals surface area contributed by atoms with Crippen LogP contribution in [0.4, 0.5) is 9.18 Å². The van der Waals surface area contributed by atoms with E-state index in [1.807, 2.05) is 13.8 Å². The van der Waals surface area contributed by atoms with E-state index in [1.54, 1.807) is 36.0 Å². The van der Waals surface area contributed by atoms with E-state index in [1.165, 1.54) is 6.07 Å². The molecule has 0 saturated heterocycles. The number of halogens is 1. The van der Waals surface area contributed by atoms with Crippen LogP contribution in [0, 0.1) is 18.2 Å². The third-order valence-corrected chi connectivity index (χ3v) is 4.07. The lowest BCUT2D eigenvalue weighted by Crippen LogP contribution is -2.40. The highest BCUT2D eigenvalue weighted by Crippen LogP contribution is 2.18. The van der Waals surface area contributed by atoms with Crippen LogP contribution < -0.4 is 10.6 Å². The minimum Gasteiger partial charge on any atom is -0.396 e. The van der Waals surface area contributed by atoms with Crippen LogP contribution in [-0.2, 0) is 6.54 Å². The van der Waals surface area contributed by atoms with Crippen molar-refractivity contribution >= 4 is 6.03 Å². The highest BCUT2D eigenvalue weighted by atomic mass is 19.1. The summed E-state index contributed by atoms with van der Waals surface area (Å²) in [4.78, 5) is 15.9.